The number of amides is 1. The molecule has 0 unspecified atom stereocenters. The van der Waals surface area contributed by atoms with Crippen LogP contribution in [0.4, 0.5) is 18.9 Å². The van der Waals surface area contributed by atoms with Crippen LogP contribution in [0.15, 0.2) is 24.7 Å². The highest BCUT2D eigenvalue weighted by Crippen LogP contribution is 2.41. The monoisotopic (exact) mass is 387 g/mol. The van der Waals surface area contributed by atoms with Crippen LogP contribution in [0.2, 0.25) is 0 Å². The van der Waals surface area contributed by atoms with Gasteiger partial charge in [-0.15, -0.1) is 0 Å². The van der Waals surface area contributed by atoms with Gasteiger partial charge in [0.05, 0.1) is 23.8 Å². The Morgan fingerprint density at radius 3 is 2.50 bits per heavy atom. The maximum Gasteiger partial charge on any atom is 0.276 e. The van der Waals surface area contributed by atoms with E-state index in [1.807, 2.05) is 0 Å². The smallest absolute Gasteiger partial charge is 0.276 e. The van der Waals surface area contributed by atoms with Crippen LogP contribution in [0.25, 0.3) is 11.3 Å². The average Bonchev–Trinajstić information content (AvgIpc) is 3.42. The van der Waals surface area contributed by atoms with E-state index >= 15 is 0 Å². The zero-order valence-electron chi connectivity index (χ0n) is 15.1. The van der Waals surface area contributed by atoms with E-state index in [1.165, 1.54) is 10.7 Å². The number of aromatic nitrogens is 4. The Labute approximate surface area is 158 Å². The van der Waals surface area contributed by atoms with E-state index < -0.39 is 23.2 Å². The van der Waals surface area contributed by atoms with Crippen LogP contribution in [-0.2, 0) is 7.05 Å². The fraction of sp³-hybridized carbons (Fsp3) is 0.263. The Morgan fingerprint density at radius 1 is 1.18 bits per heavy atom. The zero-order chi connectivity index (χ0) is 20.0. The normalized spacial score (nSPS) is 13.6. The Bertz CT molecular complexity index is 1070. The van der Waals surface area contributed by atoms with Crippen LogP contribution in [-0.4, -0.2) is 25.7 Å². The molecule has 0 saturated heterocycles. The molecule has 6 nitrogen and oxygen atoms in total. The molecule has 0 spiro atoms. The van der Waals surface area contributed by atoms with Gasteiger partial charge >= 0.3 is 0 Å². The molecule has 4 rings (SSSR count). The van der Waals surface area contributed by atoms with E-state index in [-0.39, 0.29) is 17.4 Å². The Morgan fingerprint density at radius 2 is 1.86 bits per heavy atom. The minimum absolute atomic E-state index is 0.0702. The van der Waals surface area contributed by atoms with Crippen LogP contribution >= 0.6 is 0 Å². The largest absolute Gasteiger partial charge is 0.316 e. The fourth-order valence-electron chi connectivity index (χ4n) is 3.04. The van der Waals surface area contributed by atoms with Gasteiger partial charge in [0.1, 0.15) is 11.5 Å². The molecular weight excluding hydrogens is 371 g/mol. The topological polar surface area (TPSA) is 72.7 Å². The summed E-state index contributed by atoms with van der Waals surface area (Å²) in [5.74, 6) is -2.98. The van der Waals surface area contributed by atoms with Crippen molar-refractivity contribution < 1.29 is 18.0 Å². The molecule has 1 N–H and O–H groups in total. The second-order valence-electron chi connectivity index (χ2n) is 6.74. The van der Waals surface area contributed by atoms with Gasteiger partial charge in [0, 0.05) is 24.7 Å². The number of pyridine rings is 2. The summed E-state index contributed by atoms with van der Waals surface area (Å²) in [6, 6.07) is 1.42. The molecule has 1 aliphatic carbocycles. The first-order valence-corrected chi connectivity index (χ1v) is 8.66. The zero-order valence-corrected chi connectivity index (χ0v) is 15.1. The highest BCUT2D eigenvalue weighted by Gasteiger charge is 2.30. The van der Waals surface area contributed by atoms with Crippen molar-refractivity contribution in [2.24, 2.45) is 7.05 Å². The molecule has 3 aromatic rings. The fourth-order valence-corrected chi connectivity index (χ4v) is 3.04. The molecule has 3 aromatic heterocycles. The van der Waals surface area contributed by atoms with Gasteiger partial charge in [0.25, 0.3) is 5.91 Å². The van der Waals surface area contributed by atoms with Crippen molar-refractivity contribution in [2.45, 2.75) is 25.7 Å². The second-order valence-corrected chi connectivity index (χ2v) is 6.74. The van der Waals surface area contributed by atoms with Crippen molar-refractivity contribution in [3.63, 3.8) is 0 Å². The molecule has 1 fully saturated rings. The van der Waals surface area contributed by atoms with Crippen molar-refractivity contribution in [1.82, 2.24) is 19.7 Å². The van der Waals surface area contributed by atoms with Gasteiger partial charge in [-0.3, -0.25) is 19.4 Å². The van der Waals surface area contributed by atoms with Gasteiger partial charge < -0.3 is 5.32 Å². The van der Waals surface area contributed by atoms with Crippen molar-refractivity contribution >= 4 is 11.6 Å². The lowest BCUT2D eigenvalue weighted by Crippen LogP contribution is -2.15. The molecule has 1 aliphatic rings. The van der Waals surface area contributed by atoms with Gasteiger partial charge in [-0.25, -0.2) is 13.2 Å². The average molecular weight is 387 g/mol. The van der Waals surface area contributed by atoms with Crippen LogP contribution < -0.4 is 5.32 Å². The summed E-state index contributed by atoms with van der Waals surface area (Å²) in [6.45, 7) is 1.65. The lowest BCUT2D eigenvalue weighted by molar-refractivity contribution is 0.102. The van der Waals surface area contributed by atoms with Gasteiger partial charge in [-0.05, 0) is 31.4 Å². The number of hydrogen-bond acceptors (Lipinski definition) is 4. The number of anilines is 1. The van der Waals surface area contributed by atoms with Gasteiger partial charge in [0.2, 0.25) is 0 Å². The van der Waals surface area contributed by atoms with Crippen molar-refractivity contribution in [3.05, 3.63) is 59.1 Å². The predicted molar refractivity (Wildman–Crippen MR) is 95.2 cm³/mol. The highest BCUT2D eigenvalue weighted by molar-refractivity contribution is 6.03. The molecule has 1 amide bonds. The van der Waals surface area contributed by atoms with Crippen molar-refractivity contribution in [2.75, 3.05) is 5.32 Å². The van der Waals surface area contributed by atoms with Gasteiger partial charge in [0.15, 0.2) is 17.3 Å². The predicted octanol–water partition coefficient (Wildman–Crippen LogP) is 3.73. The molecule has 3 heterocycles. The van der Waals surface area contributed by atoms with E-state index in [2.05, 4.69) is 20.4 Å². The maximum absolute atomic E-state index is 14.7. The molecule has 0 atom stereocenters. The minimum Gasteiger partial charge on any atom is -0.316 e. The first-order chi connectivity index (χ1) is 13.4. The maximum atomic E-state index is 14.7. The summed E-state index contributed by atoms with van der Waals surface area (Å²) < 4.78 is 43.4. The van der Waals surface area contributed by atoms with E-state index in [9.17, 15) is 18.0 Å². The highest BCUT2D eigenvalue weighted by atomic mass is 19.1. The molecule has 144 valence electrons. The van der Waals surface area contributed by atoms with E-state index in [0.717, 1.165) is 25.2 Å². The molecule has 0 bridgehead atoms. The standard InChI is InChI=1S/C19H16F3N5O/c1-9-11(6-24-17(16(9)22)10-3-4-10)15-5-14(26-27(15)2)19(28)25-18-12(20)7-23-8-13(18)21/h5-8,10H,3-4H2,1-2H3,(H,23,25,28). The number of nitrogens with one attached hydrogen (secondary N) is 1. The summed E-state index contributed by atoms with van der Waals surface area (Å²) >= 11 is 0. The summed E-state index contributed by atoms with van der Waals surface area (Å²) in [4.78, 5) is 20.0. The van der Waals surface area contributed by atoms with Crippen molar-refractivity contribution in [1.29, 1.82) is 0 Å². The molecule has 0 aliphatic heterocycles. The summed E-state index contributed by atoms with van der Waals surface area (Å²) in [5, 5.41) is 6.23. The lowest BCUT2D eigenvalue weighted by Gasteiger charge is -2.09. The minimum atomic E-state index is -0.998. The lowest BCUT2D eigenvalue weighted by atomic mass is 10.0. The summed E-state index contributed by atoms with van der Waals surface area (Å²) in [5.41, 5.74) is 1.16. The van der Waals surface area contributed by atoms with E-state index in [0.29, 0.717) is 22.5 Å². The molecular formula is C19H16F3N5O. The number of halogens is 3. The molecule has 28 heavy (non-hydrogen) atoms. The van der Waals surface area contributed by atoms with Crippen LogP contribution in [0, 0.1) is 24.4 Å². The Hall–Kier alpha value is -3.23. The van der Waals surface area contributed by atoms with Gasteiger partial charge in [-0.1, -0.05) is 0 Å². The number of aryl methyl sites for hydroxylation is 1. The molecule has 0 radical (unpaired) electrons. The first-order valence-electron chi connectivity index (χ1n) is 8.66. The molecule has 1 saturated carbocycles. The van der Waals surface area contributed by atoms with Gasteiger partial charge in [-0.2, -0.15) is 5.10 Å². The number of carbonyl (C=O) groups excluding carboxylic acids is 1. The summed E-state index contributed by atoms with van der Waals surface area (Å²) in [7, 11) is 1.59. The first kappa shape index (κ1) is 18.1. The Balaban J connectivity index is 1.66. The number of carbonyl (C=O) groups is 1. The SMILES string of the molecule is Cc1c(-c2cc(C(=O)Nc3c(F)cncc3F)nn2C)cnc(C2CC2)c1F. The number of nitrogens with zero attached hydrogens (tertiary/aromatic N) is 4. The second kappa shape index (κ2) is 6.74. The van der Waals surface area contributed by atoms with Crippen LogP contribution in [0.3, 0.4) is 0 Å². The molecule has 0 aromatic carbocycles. The number of rotatable bonds is 4. The van der Waals surface area contributed by atoms with E-state index in [1.54, 1.807) is 20.2 Å². The van der Waals surface area contributed by atoms with E-state index in [4.69, 9.17) is 0 Å². The van der Waals surface area contributed by atoms with Crippen LogP contribution in [0.5, 0.6) is 0 Å². The number of hydrogen-bond donors (Lipinski definition) is 1. The third-order valence-corrected chi connectivity index (χ3v) is 4.74. The molecule has 9 heteroatoms. The quantitative estimate of drug-likeness (QED) is 0.740. The van der Waals surface area contributed by atoms with Crippen molar-refractivity contribution in [3.8, 4) is 11.3 Å². The Kier molecular flexibility index (Phi) is 4.37. The third-order valence-electron chi connectivity index (χ3n) is 4.74. The third kappa shape index (κ3) is 3.12. The van der Waals surface area contributed by atoms with Crippen LogP contribution in [0.1, 0.15) is 40.5 Å². The summed E-state index contributed by atoms with van der Waals surface area (Å²) in [6.07, 6.45) is 5.01.